The van der Waals surface area contributed by atoms with E-state index in [4.69, 9.17) is 28.4 Å². The zero-order chi connectivity index (χ0) is 37.9. The molecule has 292 valence electrons. The first-order valence-electron chi connectivity index (χ1n) is 19.0. The Bertz CT molecular complexity index is 1600. The number of cyclic esters (lactones) is 1. The van der Waals surface area contributed by atoms with Crippen molar-refractivity contribution in [2.24, 2.45) is 34.5 Å². The summed E-state index contributed by atoms with van der Waals surface area (Å²) in [7, 11) is 2.78. The molecule has 0 unspecified atom stereocenters. The van der Waals surface area contributed by atoms with E-state index in [0.29, 0.717) is 30.4 Å². The van der Waals surface area contributed by atoms with Crippen molar-refractivity contribution in [2.75, 3.05) is 27.4 Å². The van der Waals surface area contributed by atoms with Crippen LogP contribution < -0.4 is 9.47 Å². The van der Waals surface area contributed by atoms with Gasteiger partial charge in [-0.05, 0) is 116 Å². The van der Waals surface area contributed by atoms with Crippen LogP contribution in [-0.2, 0) is 28.5 Å². The average molecular weight is 743 g/mol. The van der Waals surface area contributed by atoms with Crippen molar-refractivity contribution in [3.05, 3.63) is 35.4 Å². The normalized spacial score (nSPS) is 42.3. The van der Waals surface area contributed by atoms with E-state index in [9.17, 15) is 35.1 Å². The Balaban J connectivity index is 0.959. The highest BCUT2D eigenvalue weighted by Gasteiger charge is 2.67. The Labute approximate surface area is 309 Å². The number of phenolic OH excluding ortho intramolecular Hbond substituents is 1. The molecule has 0 spiro atoms. The smallest absolute Gasteiger partial charge is 0.331 e. The van der Waals surface area contributed by atoms with Crippen molar-refractivity contribution in [1.29, 1.82) is 0 Å². The van der Waals surface area contributed by atoms with Gasteiger partial charge in [0.1, 0.15) is 37.6 Å². The van der Waals surface area contributed by atoms with Crippen LogP contribution in [0.4, 0.5) is 0 Å². The number of aliphatic hydroxyl groups is 4. The summed E-state index contributed by atoms with van der Waals surface area (Å²) in [5.74, 6) is 0.144. The molecule has 0 aromatic heterocycles. The van der Waals surface area contributed by atoms with Crippen LogP contribution in [0.2, 0.25) is 0 Å². The van der Waals surface area contributed by atoms with E-state index in [1.807, 2.05) is 0 Å². The number of carbonyl (C=O) groups excluding carboxylic acids is 2. The Hall–Kier alpha value is -3.20. The van der Waals surface area contributed by atoms with Crippen molar-refractivity contribution in [3.63, 3.8) is 0 Å². The minimum absolute atomic E-state index is 0.00598. The van der Waals surface area contributed by atoms with E-state index >= 15 is 0 Å². The van der Waals surface area contributed by atoms with Gasteiger partial charge in [-0.1, -0.05) is 13.8 Å². The Morgan fingerprint density at radius 3 is 2.36 bits per heavy atom. The largest absolute Gasteiger partial charge is 0.502 e. The van der Waals surface area contributed by atoms with Gasteiger partial charge in [0.25, 0.3) is 0 Å². The Kier molecular flexibility index (Phi) is 10.4. The molecule has 13 heteroatoms. The highest BCUT2D eigenvalue weighted by atomic mass is 16.7. The van der Waals surface area contributed by atoms with Crippen molar-refractivity contribution in [3.8, 4) is 17.2 Å². The number of esters is 2. The standard InChI is InChI=1S/C40H54O13/c1-38-12-9-24(18-23(38)6-7-27-26(38)10-13-39(2)25(11-14-40(27,39)47)22-17-32(42)50-19-22)52-37-36(46)35(45)34(44)30(53-37)20-51-31(41)8-5-21-15-28(48-3)33(43)29(16-21)49-4/h5,8,15-17,23-27,30,34-37,43-47H,6-7,9-14,18-20H2,1-4H3/b8-5+/t23-,24-,25+,26-,27+,30+,34+,35-,36+,37+,38-,39+,40-/m0/s1. The van der Waals surface area contributed by atoms with Crippen LogP contribution in [-0.4, -0.2) is 107 Å². The maximum absolute atomic E-state index is 12.6. The zero-order valence-corrected chi connectivity index (χ0v) is 30.9. The van der Waals surface area contributed by atoms with Crippen LogP contribution >= 0.6 is 0 Å². The summed E-state index contributed by atoms with van der Waals surface area (Å²) >= 11 is 0. The third-order valence-corrected chi connectivity index (χ3v) is 14.2. The Morgan fingerprint density at radius 2 is 1.68 bits per heavy atom. The average Bonchev–Trinajstić information content (AvgIpc) is 3.69. The van der Waals surface area contributed by atoms with E-state index in [-0.39, 0.29) is 52.0 Å². The lowest BCUT2D eigenvalue weighted by atomic mass is 9.43. The maximum atomic E-state index is 12.6. The number of benzene rings is 1. The number of fused-ring (bicyclic) bond motifs is 5. The number of phenols is 1. The van der Waals surface area contributed by atoms with Crippen LogP contribution in [0.5, 0.6) is 17.2 Å². The fourth-order valence-corrected chi connectivity index (χ4v) is 11.2. The molecule has 2 heterocycles. The van der Waals surface area contributed by atoms with Gasteiger partial charge in [0.15, 0.2) is 17.8 Å². The summed E-state index contributed by atoms with van der Waals surface area (Å²) in [6, 6.07) is 3.03. The first-order valence-corrected chi connectivity index (χ1v) is 19.0. The van der Waals surface area contributed by atoms with Gasteiger partial charge in [-0.15, -0.1) is 0 Å². The number of ether oxygens (including phenoxy) is 6. The maximum Gasteiger partial charge on any atom is 0.331 e. The van der Waals surface area contributed by atoms with Gasteiger partial charge in [-0.2, -0.15) is 0 Å². The first kappa shape index (κ1) is 38.1. The van der Waals surface area contributed by atoms with Gasteiger partial charge in [0.2, 0.25) is 5.75 Å². The van der Waals surface area contributed by atoms with Gasteiger partial charge < -0.3 is 54.0 Å². The zero-order valence-electron chi connectivity index (χ0n) is 30.9. The summed E-state index contributed by atoms with van der Waals surface area (Å²) in [5.41, 5.74) is 0.439. The van der Waals surface area contributed by atoms with E-state index < -0.39 is 48.9 Å². The second-order valence-electron chi connectivity index (χ2n) is 16.6. The van der Waals surface area contributed by atoms with Crippen LogP contribution in [0.25, 0.3) is 6.08 Å². The third kappa shape index (κ3) is 6.54. The number of carbonyl (C=O) groups is 2. The molecule has 13 nitrogen and oxygen atoms in total. The van der Waals surface area contributed by atoms with Crippen LogP contribution in [0.3, 0.4) is 0 Å². The molecule has 5 N–H and O–H groups in total. The number of hydrogen-bond donors (Lipinski definition) is 5. The molecule has 13 atom stereocenters. The van der Waals surface area contributed by atoms with Gasteiger partial charge in [-0.25, -0.2) is 9.59 Å². The highest BCUT2D eigenvalue weighted by molar-refractivity contribution is 5.87. The highest BCUT2D eigenvalue weighted by Crippen LogP contribution is 2.70. The quantitative estimate of drug-likeness (QED) is 0.141. The fraction of sp³-hybridized carbons (Fsp3) is 0.700. The molecule has 7 rings (SSSR count). The molecule has 0 bridgehead atoms. The SMILES string of the molecule is COc1cc(/C=C/C(=O)OC[C@H]2O[C@@H](O[C@H]3CC[C@@]4(C)[C@@H](CC[C@@H]5[C@@H]4CC[C@]4(C)[C@@H](C6=CC(=O)OC6)CC[C@]54O)C3)[C@H](O)[C@@H](O)[C@@H]2O)cc(OC)c1O. The predicted octanol–water partition coefficient (Wildman–Crippen LogP) is 3.42. The van der Waals surface area contributed by atoms with E-state index in [1.54, 1.807) is 6.08 Å². The number of hydrogen-bond acceptors (Lipinski definition) is 13. The molecule has 0 radical (unpaired) electrons. The molecule has 1 aromatic carbocycles. The van der Waals surface area contributed by atoms with Gasteiger partial charge >= 0.3 is 11.9 Å². The summed E-state index contributed by atoms with van der Waals surface area (Å²) < 4.78 is 33.2. The van der Waals surface area contributed by atoms with Crippen LogP contribution in [0.15, 0.2) is 29.9 Å². The molecule has 0 amide bonds. The van der Waals surface area contributed by atoms with Crippen LogP contribution in [0.1, 0.15) is 77.2 Å². The predicted molar refractivity (Wildman–Crippen MR) is 188 cm³/mol. The molecular formula is C40H54O13. The molecule has 5 fully saturated rings. The first-order chi connectivity index (χ1) is 25.2. The van der Waals surface area contributed by atoms with Gasteiger partial charge in [0.05, 0.1) is 25.9 Å². The minimum atomic E-state index is -1.58. The number of methoxy groups -OCH3 is 2. The molecule has 53 heavy (non-hydrogen) atoms. The molecule has 1 aromatic rings. The Morgan fingerprint density at radius 1 is 0.943 bits per heavy atom. The summed E-state index contributed by atoms with van der Waals surface area (Å²) in [6.07, 6.45) is 4.71. The van der Waals surface area contributed by atoms with Gasteiger partial charge in [-0.3, -0.25) is 0 Å². The lowest BCUT2D eigenvalue weighted by Gasteiger charge is -2.64. The fourth-order valence-electron chi connectivity index (χ4n) is 11.2. The monoisotopic (exact) mass is 742 g/mol. The lowest BCUT2D eigenvalue weighted by molar-refractivity contribution is -0.317. The molecular weight excluding hydrogens is 688 g/mol. The van der Waals surface area contributed by atoms with E-state index in [0.717, 1.165) is 63.0 Å². The topological polar surface area (TPSA) is 191 Å². The molecule has 6 aliphatic rings. The van der Waals surface area contributed by atoms with Crippen molar-refractivity contribution in [1.82, 2.24) is 0 Å². The minimum Gasteiger partial charge on any atom is -0.502 e. The second-order valence-corrected chi connectivity index (χ2v) is 16.6. The van der Waals surface area contributed by atoms with Crippen molar-refractivity contribution < 1.29 is 63.5 Å². The van der Waals surface area contributed by atoms with Gasteiger partial charge in [0, 0.05) is 17.6 Å². The lowest BCUT2D eigenvalue weighted by Crippen LogP contribution is -2.63. The molecule has 2 aliphatic heterocycles. The summed E-state index contributed by atoms with van der Waals surface area (Å²) in [6.45, 7) is 4.53. The number of rotatable bonds is 9. The van der Waals surface area contributed by atoms with Crippen molar-refractivity contribution in [2.45, 2.75) is 114 Å². The van der Waals surface area contributed by atoms with Crippen molar-refractivity contribution >= 4 is 18.0 Å². The van der Waals surface area contributed by atoms with E-state index in [2.05, 4.69) is 13.8 Å². The van der Waals surface area contributed by atoms with Crippen LogP contribution in [0, 0.1) is 34.5 Å². The molecule has 4 saturated carbocycles. The summed E-state index contributed by atoms with van der Waals surface area (Å²) in [5, 5.41) is 54.9. The van der Waals surface area contributed by atoms with E-state index in [1.165, 1.54) is 32.4 Å². The number of aromatic hydroxyl groups is 1. The third-order valence-electron chi connectivity index (χ3n) is 14.2. The molecule has 4 aliphatic carbocycles. The summed E-state index contributed by atoms with van der Waals surface area (Å²) in [4.78, 5) is 24.5. The number of aliphatic hydroxyl groups excluding tert-OH is 3. The second kappa shape index (κ2) is 14.5. The molecule has 1 saturated heterocycles.